The van der Waals surface area contributed by atoms with Crippen molar-refractivity contribution >= 4 is 17.2 Å². The third-order valence-corrected chi connectivity index (χ3v) is 2.73. The van der Waals surface area contributed by atoms with Crippen molar-refractivity contribution in [1.82, 2.24) is 4.57 Å². The highest BCUT2D eigenvalue weighted by Gasteiger charge is 2.11. The first kappa shape index (κ1) is 9.77. The normalized spacial score (nSPS) is 10.6. The first-order chi connectivity index (χ1) is 7.19. The summed E-state index contributed by atoms with van der Waals surface area (Å²) in [5.74, 6) is 0.805. The number of methoxy groups -OCH3 is 1. The first-order valence-electron chi connectivity index (χ1n) is 4.77. The van der Waals surface area contributed by atoms with E-state index >= 15 is 0 Å². The number of carbonyl (C=O) groups is 1. The molecule has 0 aliphatic carbocycles. The molecule has 1 aromatic heterocycles. The molecule has 15 heavy (non-hydrogen) atoms. The molecule has 0 bridgehead atoms. The van der Waals surface area contributed by atoms with Crippen molar-refractivity contribution in [2.24, 2.45) is 7.05 Å². The number of carbonyl (C=O) groups excluding carboxylic acids is 1. The molecule has 2 aromatic rings. The Morgan fingerprint density at radius 3 is 2.73 bits per heavy atom. The average molecular weight is 203 g/mol. The predicted molar refractivity (Wildman–Crippen MR) is 59.6 cm³/mol. The minimum atomic E-state index is 0.664. The van der Waals surface area contributed by atoms with E-state index in [0.717, 1.165) is 28.5 Å². The van der Waals surface area contributed by atoms with E-state index in [-0.39, 0.29) is 0 Å². The molecule has 0 aliphatic rings. The number of benzene rings is 1. The van der Waals surface area contributed by atoms with E-state index in [4.69, 9.17) is 4.74 Å². The Labute approximate surface area is 88.3 Å². The van der Waals surface area contributed by atoms with Gasteiger partial charge < -0.3 is 9.30 Å². The fraction of sp³-hybridized carbons (Fsp3) is 0.250. The van der Waals surface area contributed by atoms with Gasteiger partial charge in [-0.15, -0.1) is 0 Å². The molecular weight excluding hydrogens is 190 g/mol. The van der Waals surface area contributed by atoms with Crippen LogP contribution < -0.4 is 4.74 Å². The fourth-order valence-corrected chi connectivity index (χ4v) is 1.95. The van der Waals surface area contributed by atoms with E-state index in [1.54, 1.807) is 7.11 Å². The average Bonchev–Trinajstić information content (AvgIpc) is 2.57. The van der Waals surface area contributed by atoms with Crippen molar-refractivity contribution < 1.29 is 9.53 Å². The molecule has 3 heteroatoms. The number of ether oxygens (including phenoxy) is 1. The minimum absolute atomic E-state index is 0.664. The standard InChI is InChI=1S/C12H13NO2/c1-8-4-5-11(15-3)10-6-9(7-14)13(2)12(8)10/h4-7H,1-3H3. The lowest BCUT2D eigenvalue weighted by Crippen LogP contribution is -1.95. The lowest BCUT2D eigenvalue weighted by atomic mass is 10.1. The van der Waals surface area contributed by atoms with E-state index in [1.165, 1.54) is 0 Å². The van der Waals surface area contributed by atoms with Crippen LogP contribution in [0.2, 0.25) is 0 Å². The molecule has 3 nitrogen and oxygen atoms in total. The maximum absolute atomic E-state index is 10.8. The Bertz CT molecular complexity index is 526. The maximum Gasteiger partial charge on any atom is 0.166 e. The number of aldehydes is 1. The molecule has 78 valence electrons. The summed E-state index contributed by atoms with van der Waals surface area (Å²) >= 11 is 0. The van der Waals surface area contributed by atoms with Crippen LogP contribution >= 0.6 is 0 Å². The Kier molecular flexibility index (Phi) is 2.23. The molecule has 0 radical (unpaired) electrons. The maximum atomic E-state index is 10.8. The van der Waals surface area contributed by atoms with Crippen LogP contribution in [-0.2, 0) is 7.05 Å². The van der Waals surface area contributed by atoms with Crippen LogP contribution in [0.15, 0.2) is 18.2 Å². The van der Waals surface area contributed by atoms with Gasteiger partial charge in [-0.05, 0) is 24.6 Å². The van der Waals surface area contributed by atoms with Gasteiger partial charge in [-0.2, -0.15) is 0 Å². The van der Waals surface area contributed by atoms with Crippen LogP contribution in [0, 0.1) is 6.92 Å². The number of aromatic nitrogens is 1. The largest absolute Gasteiger partial charge is 0.496 e. The number of fused-ring (bicyclic) bond motifs is 1. The number of aryl methyl sites for hydroxylation is 2. The highest BCUT2D eigenvalue weighted by Crippen LogP contribution is 2.30. The van der Waals surface area contributed by atoms with Gasteiger partial charge in [0.25, 0.3) is 0 Å². The summed E-state index contributed by atoms with van der Waals surface area (Å²) < 4.78 is 7.16. The lowest BCUT2D eigenvalue weighted by Gasteiger charge is -2.05. The monoisotopic (exact) mass is 203 g/mol. The van der Waals surface area contributed by atoms with Crippen molar-refractivity contribution in [2.75, 3.05) is 7.11 Å². The van der Waals surface area contributed by atoms with Crippen LogP contribution in [0.1, 0.15) is 16.1 Å². The van der Waals surface area contributed by atoms with E-state index in [9.17, 15) is 4.79 Å². The van der Waals surface area contributed by atoms with E-state index in [0.29, 0.717) is 5.69 Å². The van der Waals surface area contributed by atoms with Crippen LogP contribution in [0.5, 0.6) is 5.75 Å². The van der Waals surface area contributed by atoms with Crippen molar-refractivity contribution in [1.29, 1.82) is 0 Å². The molecule has 2 rings (SSSR count). The molecule has 0 aliphatic heterocycles. The molecule has 0 atom stereocenters. The molecule has 0 fully saturated rings. The quantitative estimate of drug-likeness (QED) is 0.701. The smallest absolute Gasteiger partial charge is 0.166 e. The SMILES string of the molecule is COc1ccc(C)c2c1cc(C=O)n2C. The van der Waals surface area contributed by atoms with E-state index in [1.807, 2.05) is 36.7 Å². The van der Waals surface area contributed by atoms with Gasteiger partial charge in [0.15, 0.2) is 6.29 Å². The zero-order chi connectivity index (χ0) is 11.0. The van der Waals surface area contributed by atoms with Crippen molar-refractivity contribution in [3.05, 3.63) is 29.5 Å². The van der Waals surface area contributed by atoms with Crippen LogP contribution in [-0.4, -0.2) is 18.0 Å². The molecule has 0 unspecified atom stereocenters. The van der Waals surface area contributed by atoms with Gasteiger partial charge in [0.05, 0.1) is 18.3 Å². The van der Waals surface area contributed by atoms with Gasteiger partial charge in [0.1, 0.15) is 5.75 Å². The van der Waals surface area contributed by atoms with Gasteiger partial charge in [0, 0.05) is 12.4 Å². The number of hydrogen-bond donors (Lipinski definition) is 0. The molecule has 0 saturated heterocycles. The zero-order valence-electron chi connectivity index (χ0n) is 9.07. The van der Waals surface area contributed by atoms with Crippen LogP contribution in [0.25, 0.3) is 10.9 Å². The van der Waals surface area contributed by atoms with Crippen molar-refractivity contribution in [2.45, 2.75) is 6.92 Å². The van der Waals surface area contributed by atoms with E-state index < -0.39 is 0 Å². The summed E-state index contributed by atoms with van der Waals surface area (Å²) in [6, 6.07) is 5.77. The second-order valence-electron chi connectivity index (χ2n) is 3.59. The third-order valence-electron chi connectivity index (χ3n) is 2.73. The molecule has 0 spiro atoms. The minimum Gasteiger partial charge on any atom is -0.496 e. The number of rotatable bonds is 2. The molecule has 1 aromatic carbocycles. The fourth-order valence-electron chi connectivity index (χ4n) is 1.95. The molecule has 0 saturated carbocycles. The summed E-state index contributed by atoms with van der Waals surface area (Å²) in [6.45, 7) is 2.02. The van der Waals surface area contributed by atoms with Crippen LogP contribution in [0.4, 0.5) is 0 Å². The van der Waals surface area contributed by atoms with Gasteiger partial charge in [-0.1, -0.05) is 6.07 Å². The second kappa shape index (κ2) is 3.42. The third kappa shape index (κ3) is 1.31. The van der Waals surface area contributed by atoms with Gasteiger partial charge in [-0.25, -0.2) is 0 Å². The molecule has 0 amide bonds. The van der Waals surface area contributed by atoms with E-state index in [2.05, 4.69) is 0 Å². The van der Waals surface area contributed by atoms with Gasteiger partial charge in [-0.3, -0.25) is 4.79 Å². The Morgan fingerprint density at radius 2 is 2.13 bits per heavy atom. The predicted octanol–water partition coefficient (Wildman–Crippen LogP) is 2.31. The molecular formula is C12H13NO2. The van der Waals surface area contributed by atoms with Crippen LogP contribution in [0.3, 0.4) is 0 Å². The first-order valence-corrected chi connectivity index (χ1v) is 4.77. The molecule has 0 N–H and O–H groups in total. The highest BCUT2D eigenvalue weighted by molar-refractivity contribution is 5.94. The van der Waals surface area contributed by atoms with Gasteiger partial charge >= 0.3 is 0 Å². The van der Waals surface area contributed by atoms with Gasteiger partial charge in [0.2, 0.25) is 0 Å². The second-order valence-corrected chi connectivity index (χ2v) is 3.59. The summed E-state index contributed by atoms with van der Waals surface area (Å²) in [7, 11) is 3.52. The zero-order valence-corrected chi connectivity index (χ0v) is 9.07. The lowest BCUT2D eigenvalue weighted by molar-refractivity contribution is 0.111. The summed E-state index contributed by atoms with van der Waals surface area (Å²) in [5.41, 5.74) is 2.86. The van der Waals surface area contributed by atoms with Crippen molar-refractivity contribution in [3.8, 4) is 5.75 Å². The summed E-state index contributed by atoms with van der Waals surface area (Å²) in [5, 5.41) is 0.988. The van der Waals surface area contributed by atoms with Crippen molar-refractivity contribution in [3.63, 3.8) is 0 Å². The Balaban J connectivity index is 2.91. The highest BCUT2D eigenvalue weighted by atomic mass is 16.5. The topological polar surface area (TPSA) is 31.2 Å². The molecule has 1 heterocycles. The Morgan fingerprint density at radius 1 is 1.40 bits per heavy atom. The number of hydrogen-bond acceptors (Lipinski definition) is 2. The number of nitrogens with zero attached hydrogens (tertiary/aromatic N) is 1. The Hall–Kier alpha value is -1.77. The summed E-state index contributed by atoms with van der Waals surface area (Å²) in [4.78, 5) is 10.8. The summed E-state index contributed by atoms with van der Waals surface area (Å²) in [6.07, 6.45) is 0.860.